The summed E-state index contributed by atoms with van der Waals surface area (Å²) in [6.45, 7) is 0.140. The molecule has 1 heterocycles. The molecule has 126 valence electrons. The maximum absolute atomic E-state index is 12.2. The summed E-state index contributed by atoms with van der Waals surface area (Å²) < 4.78 is 0. The number of pyridine rings is 1. The second-order valence-electron chi connectivity index (χ2n) is 5.29. The van der Waals surface area contributed by atoms with E-state index in [1.807, 2.05) is 36.4 Å². The van der Waals surface area contributed by atoms with Crippen molar-refractivity contribution in [2.24, 2.45) is 0 Å². The number of benzene rings is 2. The molecule has 5 nitrogen and oxygen atoms in total. The van der Waals surface area contributed by atoms with E-state index in [0.717, 1.165) is 11.4 Å². The lowest BCUT2D eigenvalue weighted by Crippen LogP contribution is -2.22. The van der Waals surface area contributed by atoms with E-state index in [2.05, 4.69) is 20.9 Å². The summed E-state index contributed by atoms with van der Waals surface area (Å²) in [4.78, 5) is 16.2. The topological polar surface area (TPSA) is 66.0 Å². The van der Waals surface area contributed by atoms with E-state index in [1.165, 1.54) is 0 Å². The van der Waals surface area contributed by atoms with E-state index in [4.69, 9.17) is 11.6 Å². The second kappa shape index (κ2) is 8.17. The average Bonchev–Trinajstić information content (AvgIpc) is 2.65. The Hall–Kier alpha value is -3.05. The van der Waals surface area contributed by atoms with E-state index in [-0.39, 0.29) is 12.5 Å². The summed E-state index contributed by atoms with van der Waals surface area (Å²) >= 11 is 6.30. The summed E-state index contributed by atoms with van der Waals surface area (Å²) in [5.41, 5.74) is 3.00. The molecule has 0 unspecified atom stereocenters. The van der Waals surface area contributed by atoms with Crippen molar-refractivity contribution in [1.82, 2.24) is 4.98 Å². The molecule has 0 saturated heterocycles. The molecule has 0 aliphatic rings. The normalized spacial score (nSPS) is 10.1. The van der Waals surface area contributed by atoms with Gasteiger partial charge in [0.05, 0.1) is 22.9 Å². The van der Waals surface area contributed by atoms with E-state index in [9.17, 15) is 4.79 Å². The molecule has 3 aromatic rings. The minimum atomic E-state index is -0.171. The van der Waals surface area contributed by atoms with Crippen LogP contribution in [0.25, 0.3) is 0 Å². The maximum Gasteiger partial charge on any atom is 0.243 e. The lowest BCUT2D eigenvalue weighted by atomic mass is 10.2. The molecule has 0 bridgehead atoms. The first-order valence-electron chi connectivity index (χ1n) is 7.77. The Morgan fingerprint density at radius 2 is 1.68 bits per heavy atom. The third kappa shape index (κ3) is 4.71. The Labute approximate surface area is 151 Å². The number of para-hydroxylation sites is 2. The number of carbonyl (C=O) groups excluding carboxylic acids is 1. The largest absolute Gasteiger partial charge is 0.376 e. The predicted molar refractivity (Wildman–Crippen MR) is 103 cm³/mol. The van der Waals surface area contributed by atoms with Crippen LogP contribution >= 0.6 is 11.6 Å². The van der Waals surface area contributed by atoms with Crippen molar-refractivity contribution >= 4 is 40.3 Å². The number of halogens is 1. The van der Waals surface area contributed by atoms with Gasteiger partial charge >= 0.3 is 0 Å². The molecule has 1 aromatic heterocycles. The van der Waals surface area contributed by atoms with Gasteiger partial charge in [-0.2, -0.15) is 0 Å². The molecule has 0 fully saturated rings. The summed E-state index contributed by atoms with van der Waals surface area (Å²) in [7, 11) is 0. The van der Waals surface area contributed by atoms with Gasteiger partial charge in [0.2, 0.25) is 5.91 Å². The molecular formula is C19H17ClN4O. The Bertz CT molecular complexity index is 841. The van der Waals surface area contributed by atoms with Gasteiger partial charge in [-0.3, -0.25) is 9.78 Å². The lowest BCUT2D eigenvalue weighted by Gasteiger charge is -2.15. The highest BCUT2D eigenvalue weighted by atomic mass is 35.5. The van der Waals surface area contributed by atoms with Gasteiger partial charge in [0.1, 0.15) is 0 Å². The van der Waals surface area contributed by atoms with Crippen LogP contribution in [-0.4, -0.2) is 17.4 Å². The van der Waals surface area contributed by atoms with Crippen molar-refractivity contribution in [3.05, 3.63) is 78.1 Å². The van der Waals surface area contributed by atoms with Crippen LogP contribution in [0.15, 0.2) is 73.1 Å². The van der Waals surface area contributed by atoms with Gasteiger partial charge in [-0.15, -0.1) is 0 Å². The van der Waals surface area contributed by atoms with E-state index in [1.54, 1.807) is 36.7 Å². The molecule has 0 aliphatic carbocycles. The van der Waals surface area contributed by atoms with Crippen LogP contribution in [0, 0.1) is 0 Å². The fourth-order valence-electron chi connectivity index (χ4n) is 2.27. The zero-order valence-corrected chi connectivity index (χ0v) is 14.1. The molecule has 0 aliphatic heterocycles. The Morgan fingerprint density at radius 3 is 2.44 bits per heavy atom. The molecule has 0 saturated carbocycles. The Kier molecular flexibility index (Phi) is 5.49. The first kappa shape index (κ1) is 16.8. The molecule has 3 rings (SSSR count). The highest BCUT2D eigenvalue weighted by Crippen LogP contribution is 2.32. The summed E-state index contributed by atoms with van der Waals surface area (Å²) in [5.74, 6) is -0.171. The number of hydrogen-bond donors (Lipinski definition) is 3. The van der Waals surface area contributed by atoms with Crippen LogP contribution in [0.2, 0.25) is 5.02 Å². The van der Waals surface area contributed by atoms with Crippen LogP contribution < -0.4 is 16.0 Å². The molecular weight excluding hydrogens is 336 g/mol. The zero-order valence-electron chi connectivity index (χ0n) is 13.4. The van der Waals surface area contributed by atoms with E-state index >= 15 is 0 Å². The standard InChI is InChI=1S/C19H17ClN4O/c20-16-7-4-8-17(19(16)23-15-5-2-1-3-6-15)24-18(25)13-22-14-9-11-21-12-10-14/h1-12,23H,13H2,(H,21,22)(H,24,25). The fourth-order valence-corrected chi connectivity index (χ4v) is 2.49. The van der Waals surface area contributed by atoms with Gasteiger partial charge in [-0.25, -0.2) is 0 Å². The Balaban J connectivity index is 1.69. The summed E-state index contributed by atoms with van der Waals surface area (Å²) in [5, 5.41) is 9.70. The van der Waals surface area contributed by atoms with Crippen molar-refractivity contribution in [3.8, 4) is 0 Å². The van der Waals surface area contributed by atoms with Crippen LogP contribution in [0.3, 0.4) is 0 Å². The second-order valence-corrected chi connectivity index (χ2v) is 5.70. The number of aromatic nitrogens is 1. The number of nitrogens with zero attached hydrogens (tertiary/aromatic N) is 1. The first-order chi connectivity index (χ1) is 12.2. The molecule has 0 radical (unpaired) electrons. The van der Waals surface area contributed by atoms with Crippen molar-refractivity contribution in [2.75, 3.05) is 22.5 Å². The van der Waals surface area contributed by atoms with Gasteiger partial charge in [-0.05, 0) is 36.4 Å². The van der Waals surface area contributed by atoms with Crippen molar-refractivity contribution in [1.29, 1.82) is 0 Å². The van der Waals surface area contributed by atoms with Crippen LogP contribution in [0.5, 0.6) is 0 Å². The third-order valence-electron chi connectivity index (χ3n) is 3.46. The maximum atomic E-state index is 12.2. The van der Waals surface area contributed by atoms with Gasteiger partial charge in [-0.1, -0.05) is 35.9 Å². The monoisotopic (exact) mass is 352 g/mol. The zero-order chi connectivity index (χ0) is 17.5. The molecule has 0 atom stereocenters. The van der Waals surface area contributed by atoms with Gasteiger partial charge in [0, 0.05) is 23.8 Å². The molecule has 1 amide bonds. The Morgan fingerprint density at radius 1 is 0.920 bits per heavy atom. The van der Waals surface area contributed by atoms with E-state index in [0.29, 0.717) is 16.4 Å². The van der Waals surface area contributed by atoms with Gasteiger partial charge in [0.25, 0.3) is 0 Å². The van der Waals surface area contributed by atoms with Crippen LogP contribution in [-0.2, 0) is 4.79 Å². The summed E-state index contributed by atoms with van der Waals surface area (Å²) in [6.07, 6.45) is 3.33. The third-order valence-corrected chi connectivity index (χ3v) is 3.78. The average molecular weight is 353 g/mol. The van der Waals surface area contributed by atoms with Crippen molar-refractivity contribution in [3.63, 3.8) is 0 Å². The molecule has 0 spiro atoms. The number of carbonyl (C=O) groups is 1. The molecule has 6 heteroatoms. The SMILES string of the molecule is O=C(CNc1ccncc1)Nc1cccc(Cl)c1Nc1ccccc1. The van der Waals surface area contributed by atoms with Gasteiger partial charge < -0.3 is 16.0 Å². The number of amides is 1. The number of anilines is 4. The highest BCUT2D eigenvalue weighted by Gasteiger charge is 2.10. The van der Waals surface area contributed by atoms with Crippen molar-refractivity contribution in [2.45, 2.75) is 0 Å². The molecule has 3 N–H and O–H groups in total. The quantitative estimate of drug-likeness (QED) is 0.609. The lowest BCUT2D eigenvalue weighted by molar-refractivity contribution is -0.114. The van der Waals surface area contributed by atoms with E-state index < -0.39 is 0 Å². The number of rotatable bonds is 6. The molecule has 2 aromatic carbocycles. The number of hydrogen-bond acceptors (Lipinski definition) is 4. The summed E-state index contributed by atoms with van der Waals surface area (Å²) in [6, 6.07) is 18.6. The number of nitrogens with one attached hydrogen (secondary N) is 3. The van der Waals surface area contributed by atoms with Crippen molar-refractivity contribution < 1.29 is 4.79 Å². The fraction of sp³-hybridized carbons (Fsp3) is 0.0526. The van der Waals surface area contributed by atoms with Crippen LogP contribution in [0.4, 0.5) is 22.7 Å². The minimum Gasteiger partial charge on any atom is -0.376 e. The molecule has 25 heavy (non-hydrogen) atoms. The van der Waals surface area contributed by atoms with Crippen LogP contribution in [0.1, 0.15) is 0 Å². The smallest absolute Gasteiger partial charge is 0.243 e. The first-order valence-corrected chi connectivity index (χ1v) is 8.14. The highest BCUT2D eigenvalue weighted by molar-refractivity contribution is 6.34. The van der Waals surface area contributed by atoms with Gasteiger partial charge in [0.15, 0.2) is 0 Å². The predicted octanol–water partition coefficient (Wildman–Crippen LogP) is 4.53. The minimum absolute atomic E-state index is 0.140.